The highest BCUT2D eigenvalue weighted by Gasteiger charge is 2.32. The smallest absolute Gasteiger partial charge is 0.243 e. The largest absolute Gasteiger partial charge is 0.334 e. The van der Waals surface area contributed by atoms with Gasteiger partial charge in [0, 0.05) is 17.5 Å². The van der Waals surface area contributed by atoms with E-state index in [1.807, 2.05) is 26.0 Å². The minimum absolute atomic E-state index is 0.0478. The molecule has 2 aliphatic rings. The number of nitriles is 1. The summed E-state index contributed by atoms with van der Waals surface area (Å²) in [7, 11) is -3.68. The Morgan fingerprint density at radius 1 is 1.16 bits per heavy atom. The molecule has 1 aromatic carbocycles. The Balaban J connectivity index is 1.60. The van der Waals surface area contributed by atoms with E-state index < -0.39 is 10.0 Å². The summed E-state index contributed by atoms with van der Waals surface area (Å²) in [5, 5.41) is 10.9. The molecule has 2 fully saturated rings. The molecule has 0 unspecified atom stereocenters. The fraction of sp³-hybridized carbons (Fsp3) is 0.458. The van der Waals surface area contributed by atoms with E-state index in [0.29, 0.717) is 23.0 Å². The number of aryl methyl sites for hydroxylation is 1. The molecule has 0 bridgehead atoms. The van der Waals surface area contributed by atoms with Crippen molar-refractivity contribution in [2.24, 2.45) is 5.92 Å². The van der Waals surface area contributed by atoms with Crippen molar-refractivity contribution in [3.63, 3.8) is 0 Å². The first kappa shape index (κ1) is 21.1. The van der Waals surface area contributed by atoms with Gasteiger partial charge in [-0.25, -0.2) is 23.1 Å². The monoisotopic (exact) mass is 449 g/mol. The standard InChI is InChI=1S/C24H27N5O2S/c1-15-7-10-20-21(12-25)23(29(22(20)11-15)18-5-3-4-6-18)24-26-13-19(14-27-24)32(30,31)28-16(2)17-8-9-17/h7,10-11,13-14,16-18,28H,3-6,8-9H2,1-2H3/t16-/m0/s1. The molecule has 0 spiro atoms. The molecular formula is C24H27N5O2S. The van der Waals surface area contributed by atoms with Crippen LogP contribution in [-0.4, -0.2) is 29.0 Å². The van der Waals surface area contributed by atoms with Crippen LogP contribution < -0.4 is 4.72 Å². The highest BCUT2D eigenvalue weighted by molar-refractivity contribution is 7.89. The number of sulfonamides is 1. The van der Waals surface area contributed by atoms with Crippen LogP contribution in [0.15, 0.2) is 35.5 Å². The van der Waals surface area contributed by atoms with Crippen LogP contribution in [0.3, 0.4) is 0 Å². The lowest BCUT2D eigenvalue weighted by molar-refractivity contribution is 0.536. The number of hydrogen-bond acceptors (Lipinski definition) is 5. The molecule has 2 aliphatic carbocycles. The lowest BCUT2D eigenvalue weighted by Crippen LogP contribution is -2.34. The second-order valence-electron chi connectivity index (χ2n) is 9.15. The number of hydrogen-bond donors (Lipinski definition) is 1. The summed E-state index contributed by atoms with van der Waals surface area (Å²) in [5.41, 5.74) is 3.37. The molecule has 7 nitrogen and oxygen atoms in total. The topological polar surface area (TPSA) is 101 Å². The number of fused-ring (bicyclic) bond motifs is 1. The molecule has 166 valence electrons. The Kier molecular flexibility index (Phi) is 5.26. The molecule has 1 N–H and O–H groups in total. The lowest BCUT2D eigenvalue weighted by atomic mass is 10.1. The maximum absolute atomic E-state index is 12.8. The van der Waals surface area contributed by atoms with Gasteiger partial charge in [-0.2, -0.15) is 5.26 Å². The van der Waals surface area contributed by atoms with Gasteiger partial charge in [0.1, 0.15) is 16.7 Å². The Morgan fingerprint density at radius 3 is 2.47 bits per heavy atom. The van der Waals surface area contributed by atoms with Gasteiger partial charge in [0.05, 0.1) is 23.5 Å². The van der Waals surface area contributed by atoms with E-state index in [1.54, 1.807) is 0 Å². The second-order valence-corrected chi connectivity index (χ2v) is 10.9. The average Bonchev–Trinajstić information content (AvgIpc) is 3.40. The van der Waals surface area contributed by atoms with Crippen molar-refractivity contribution in [2.75, 3.05) is 0 Å². The number of nitrogens with zero attached hydrogens (tertiary/aromatic N) is 4. The first-order valence-electron chi connectivity index (χ1n) is 11.3. The zero-order valence-electron chi connectivity index (χ0n) is 18.4. The minimum Gasteiger partial charge on any atom is -0.334 e. The predicted octanol–water partition coefficient (Wildman–Crippen LogP) is 4.47. The van der Waals surface area contributed by atoms with Gasteiger partial charge < -0.3 is 4.57 Å². The molecular weight excluding hydrogens is 422 g/mol. The minimum atomic E-state index is -3.68. The summed E-state index contributed by atoms with van der Waals surface area (Å²) in [6.07, 6.45) is 9.22. The average molecular weight is 450 g/mol. The number of nitrogens with one attached hydrogen (secondary N) is 1. The number of rotatable bonds is 6. The third-order valence-corrected chi connectivity index (χ3v) is 8.30. The molecule has 0 saturated heterocycles. The summed E-state index contributed by atoms with van der Waals surface area (Å²) >= 11 is 0. The van der Waals surface area contributed by atoms with Crippen LogP contribution in [0, 0.1) is 24.2 Å². The van der Waals surface area contributed by atoms with E-state index in [2.05, 4.69) is 31.4 Å². The Morgan fingerprint density at radius 2 is 1.84 bits per heavy atom. The number of aromatic nitrogens is 3. The molecule has 1 atom stereocenters. The second kappa shape index (κ2) is 7.98. The van der Waals surface area contributed by atoms with Crippen molar-refractivity contribution in [1.29, 1.82) is 5.26 Å². The van der Waals surface area contributed by atoms with Gasteiger partial charge in [0.25, 0.3) is 0 Å². The van der Waals surface area contributed by atoms with Crippen molar-refractivity contribution in [3.8, 4) is 17.6 Å². The SMILES string of the molecule is Cc1ccc2c(C#N)c(-c3ncc(S(=O)(=O)N[C@@H](C)C4CC4)cn3)n(C3CCCC3)c2c1. The maximum atomic E-state index is 12.8. The third kappa shape index (κ3) is 3.70. The fourth-order valence-electron chi connectivity index (χ4n) is 4.88. The molecule has 2 heterocycles. The fourth-order valence-corrected chi connectivity index (χ4v) is 6.08. The van der Waals surface area contributed by atoms with Gasteiger partial charge >= 0.3 is 0 Å². The zero-order chi connectivity index (χ0) is 22.5. The van der Waals surface area contributed by atoms with Crippen LogP contribution in [0.4, 0.5) is 0 Å². The molecule has 2 saturated carbocycles. The molecule has 8 heteroatoms. The van der Waals surface area contributed by atoms with Gasteiger partial charge in [0.15, 0.2) is 5.82 Å². The van der Waals surface area contributed by atoms with Crippen LogP contribution in [0.1, 0.15) is 62.6 Å². The Hall–Kier alpha value is -2.76. The van der Waals surface area contributed by atoms with E-state index in [1.165, 1.54) is 12.4 Å². The van der Waals surface area contributed by atoms with Crippen LogP contribution in [-0.2, 0) is 10.0 Å². The van der Waals surface area contributed by atoms with Crippen molar-refractivity contribution < 1.29 is 8.42 Å². The summed E-state index contributed by atoms with van der Waals surface area (Å²) < 4.78 is 30.5. The molecule has 2 aromatic heterocycles. The molecule has 0 aliphatic heterocycles. The quantitative estimate of drug-likeness (QED) is 0.598. The molecule has 0 radical (unpaired) electrons. The summed E-state index contributed by atoms with van der Waals surface area (Å²) in [4.78, 5) is 8.93. The first-order valence-corrected chi connectivity index (χ1v) is 12.8. The van der Waals surface area contributed by atoms with Gasteiger partial charge in [-0.1, -0.05) is 25.0 Å². The van der Waals surface area contributed by atoms with Crippen molar-refractivity contribution in [1.82, 2.24) is 19.3 Å². The highest BCUT2D eigenvalue weighted by Crippen LogP contribution is 2.40. The third-order valence-electron chi connectivity index (χ3n) is 6.78. The van der Waals surface area contributed by atoms with Gasteiger partial charge in [-0.05, 0) is 57.1 Å². The summed E-state index contributed by atoms with van der Waals surface area (Å²) in [6, 6.07) is 8.65. The first-order chi connectivity index (χ1) is 15.4. The predicted molar refractivity (Wildman–Crippen MR) is 122 cm³/mol. The molecule has 32 heavy (non-hydrogen) atoms. The molecule has 5 rings (SSSR count). The van der Waals surface area contributed by atoms with E-state index in [-0.39, 0.29) is 17.0 Å². The van der Waals surface area contributed by atoms with Crippen LogP contribution in [0.2, 0.25) is 0 Å². The van der Waals surface area contributed by atoms with Crippen LogP contribution in [0.25, 0.3) is 22.4 Å². The summed E-state index contributed by atoms with van der Waals surface area (Å²) in [5.74, 6) is 0.797. The highest BCUT2D eigenvalue weighted by atomic mass is 32.2. The normalized spacial score (nSPS) is 18.2. The van der Waals surface area contributed by atoms with Gasteiger partial charge in [-0.3, -0.25) is 0 Å². The van der Waals surface area contributed by atoms with Crippen molar-refractivity contribution in [3.05, 3.63) is 41.7 Å². The zero-order valence-corrected chi connectivity index (χ0v) is 19.2. The summed E-state index contributed by atoms with van der Waals surface area (Å²) in [6.45, 7) is 3.94. The lowest BCUT2D eigenvalue weighted by Gasteiger charge is -2.18. The van der Waals surface area contributed by atoms with E-state index >= 15 is 0 Å². The Bertz CT molecular complexity index is 1310. The molecule has 0 amide bonds. The van der Waals surface area contributed by atoms with E-state index in [9.17, 15) is 13.7 Å². The van der Waals surface area contributed by atoms with Crippen molar-refractivity contribution in [2.45, 2.75) is 69.4 Å². The van der Waals surface area contributed by atoms with E-state index in [4.69, 9.17) is 0 Å². The van der Waals surface area contributed by atoms with Crippen LogP contribution in [0.5, 0.6) is 0 Å². The van der Waals surface area contributed by atoms with Crippen molar-refractivity contribution >= 4 is 20.9 Å². The Labute approximate surface area is 188 Å². The number of benzene rings is 1. The van der Waals surface area contributed by atoms with Gasteiger partial charge in [-0.15, -0.1) is 0 Å². The van der Waals surface area contributed by atoms with Crippen LogP contribution >= 0.6 is 0 Å². The van der Waals surface area contributed by atoms with E-state index in [0.717, 1.165) is 55.0 Å². The van der Waals surface area contributed by atoms with Gasteiger partial charge in [0.2, 0.25) is 10.0 Å². The maximum Gasteiger partial charge on any atom is 0.243 e. The molecule has 3 aromatic rings.